The van der Waals surface area contributed by atoms with Crippen molar-refractivity contribution >= 4 is 11.7 Å². The number of amides is 1. The smallest absolute Gasteiger partial charge is 0.259 e. The van der Waals surface area contributed by atoms with Crippen molar-refractivity contribution < 1.29 is 14.7 Å². The lowest BCUT2D eigenvalue weighted by Crippen LogP contribution is -2.29. The maximum atomic E-state index is 12.4. The lowest BCUT2D eigenvalue weighted by molar-refractivity contribution is -0.117. The van der Waals surface area contributed by atoms with Crippen LogP contribution in [0.2, 0.25) is 0 Å². The summed E-state index contributed by atoms with van der Waals surface area (Å²) in [5.74, 6) is -0.711. The molecule has 1 heterocycles. The van der Waals surface area contributed by atoms with Crippen LogP contribution in [-0.4, -0.2) is 22.8 Å². The molecule has 1 saturated carbocycles. The van der Waals surface area contributed by atoms with Crippen LogP contribution in [0.1, 0.15) is 31.7 Å². The number of aliphatic hydroxyl groups excluding tert-OH is 1. The molecule has 1 atom stereocenters. The van der Waals surface area contributed by atoms with Crippen LogP contribution in [0.25, 0.3) is 0 Å². The van der Waals surface area contributed by atoms with Crippen LogP contribution in [0.3, 0.4) is 0 Å². The normalized spacial score (nSPS) is 25.7. The van der Waals surface area contributed by atoms with E-state index in [2.05, 4.69) is 5.32 Å². The van der Waals surface area contributed by atoms with E-state index in [9.17, 15) is 14.7 Å². The Morgan fingerprint density at radius 1 is 1.29 bits per heavy atom. The second-order valence-corrected chi connectivity index (χ2v) is 6.20. The first-order chi connectivity index (χ1) is 10.0. The van der Waals surface area contributed by atoms with Gasteiger partial charge in [0, 0.05) is 5.41 Å². The molecule has 0 spiro atoms. The topological polar surface area (TPSA) is 66.4 Å². The first-order valence-corrected chi connectivity index (χ1v) is 7.34. The molecule has 0 radical (unpaired) electrons. The van der Waals surface area contributed by atoms with Crippen molar-refractivity contribution in [3.05, 3.63) is 47.2 Å². The summed E-state index contributed by atoms with van der Waals surface area (Å²) in [6.45, 7) is 1.88. The lowest BCUT2D eigenvalue weighted by atomic mass is 9.97. The largest absolute Gasteiger partial charge is 0.511 e. The standard InChI is InChI=1S/C17H19NO3/c1-17(9-10-17)15(20)13-14(19)12(18-16(13)21)8-7-11-5-3-2-4-6-11/h2-6,12,20H,7-10H2,1H3,(H,18,21)/b15-13+. The number of allylic oxidation sites excluding steroid dienone is 1. The lowest BCUT2D eigenvalue weighted by Gasteiger charge is -2.09. The number of carbonyl (C=O) groups excluding carboxylic acids is 2. The number of aliphatic hydroxyl groups is 1. The van der Waals surface area contributed by atoms with Crippen LogP contribution in [0.5, 0.6) is 0 Å². The van der Waals surface area contributed by atoms with Gasteiger partial charge in [0.25, 0.3) is 5.91 Å². The minimum Gasteiger partial charge on any atom is -0.511 e. The maximum absolute atomic E-state index is 12.4. The van der Waals surface area contributed by atoms with E-state index in [4.69, 9.17) is 0 Å². The second-order valence-electron chi connectivity index (χ2n) is 6.20. The Hall–Kier alpha value is -2.10. The van der Waals surface area contributed by atoms with Crippen molar-refractivity contribution in [2.24, 2.45) is 5.41 Å². The Kier molecular flexibility index (Phi) is 3.32. The van der Waals surface area contributed by atoms with Gasteiger partial charge in [-0.1, -0.05) is 37.3 Å². The SMILES string of the molecule is CC1(/C(O)=C2\C(=O)NC(CCc3ccccc3)C2=O)CC1. The van der Waals surface area contributed by atoms with Crippen LogP contribution in [-0.2, 0) is 16.0 Å². The fourth-order valence-corrected chi connectivity index (χ4v) is 2.69. The monoisotopic (exact) mass is 285 g/mol. The van der Waals surface area contributed by atoms with Crippen molar-refractivity contribution in [3.8, 4) is 0 Å². The number of Topliss-reactive ketones (excluding diaryl/α,β-unsaturated/α-hetero) is 1. The first-order valence-electron chi connectivity index (χ1n) is 7.34. The van der Waals surface area contributed by atoms with E-state index in [-0.39, 0.29) is 22.5 Å². The zero-order valence-electron chi connectivity index (χ0n) is 12.1. The number of ketones is 1. The van der Waals surface area contributed by atoms with E-state index in [1.807, 2.05) is 37.3 Å². The van der Waals surface area contributed by atoms with Gasteiger partial charge in [-0.05, 0) is 31.2 Å². The Bertz CT molecular complexity index is 614. The van der Waals surface area contributed by atoms with E-state index in [0.717, 1.165) is 24.8 Å². The van der Waals surface area contributed by atoms with Gasteiger partial charge in [0.15, 0.2) is 5.78 Å². The zero-order chi connectivity index (χ0) is 15.0. The fraction of sp³-hybridized carbons (Fsp3) is 0.412. The van der Waals surface area contributed by atoms with Crippen LogP contribution in [0, 0.1) is 5.41 Å². The molecule has 1 amide bonds. The summed E-state index contributed by atoms with van der Waals surface area (Å²) < 4.78 is 0. The molecule has 110 valence electrons. The summed E-state index contributed by atoms with van der Waals surface area (Å²) in [5, 5.41) is 12.9. The van der Waals surface area contributed by atoms with Crippen molar-refractivity contribution in [1.82, 2.24) is 5.32 Å². The van der Waals surface area contributed by atoms with Crippen molar-refractivity contribution in [2.75, 3.05) is 0 Å². The minimum absolute atomic E-state index is 0.0203. The van der Waals surface area contributed by atoms with Gasteiger partial charge in [0.2, 0.25) is 0 Å². The highest BCUT2D eigenvalue weighted by Gasteiger charge is 2.48. The summed E-state index contributed by atoms with van der Waals surface area (Å²) in [6.07, 6.45) is 2.94. The molecule has 21 heavy (non-hydrogen) atoms. The van der Waals surface area contributed by atoms with Gasteiger partial charge in [-0.25, -0.2) is 0 Å². The summed E-state index contributed by atoms with van der Waals surface area (Å²) in [6, 6.07) is 9.34. The van der Waals surface area contributed by atoms with Gasteiger partial charge in [-0.15, -0.1) is 0 Å². The number of hydrogen-bond acceptors (Lipinski definition) is 3. The van der Waals surface area contributed by atoms with Crippen LogP contribution in [0.4, 0.5) is 0 Å². The third-order valence-electron chi connectivity index (χ3n) is 4.47. The quantitative estimate of drug-likeness (QED) is 0.507. The molecule has 3 rings (SSSR count). The third-order valence-corrected chi connectivity index (χ3v) is 4.47. The summed E-state index contributed by atoms with van der Waals surface area (Å²) in [4.78, 5) is 24.3. The van der Waals surface area contributed by atoms with E-state index < -0.39 is 11.9 Å². The number of nitrogens with one attached hydrogen (secondary N) is 1. The van der Waals surface area contributed by atoms with Crippen LogP contribution in [0.15, 0.2) is 41.7 Å². The highest BCUT2D eigenvalue weighted by molar-refractivity contribution is 6.27. The van der Waals surface area contributed by atoms with Crippen molar-refractivity contribution in [2.45, 2.75) is 38.6 Å². The minimum atomic E-state index is -0.516. The van der Waals surface area contributed by atoms with Gasteiger partial charge in [0.1, 0.15) is 11.3 Å². The molecule has 1 unspecified atom stereocenters. The van der Waals surface area contributed by atoms with Gasteiger partial charge in [0.05, 0.1) is 6.04 Å². The number of carbonyl (C=O) groups is 2. The first kappa shape index (κ1) is 13.9. The molecule has 4 heteroatoms. The predicted octanol–water partition coefficient (Wildman–Crippen LogP) is 2.30. The average molecular weight is 285 g/mol. The Labute approximate surface area is 123 Å². The molecule has 0 bridgehead atoms. The number of aryl methyl sites for hydroxylation is 1. The van der Waals surface area contributed by atoms with E-state index in [0.29, 0.717) is 6.42 Å². The Morgan fingerprint density at radius 3 is 2.57 bits per heavy atom. The summed E-state index contributed by atoms with van der Waals surface area (Å²) in [7, 11) is 0. The van der Waals surface area contributed by atoms with Gasteiger partial charge in [-0.3, -0.25) is 9.59 Å². The molecule has 1 aliphatic heterocycles. The van der Waals surface area contributed by atoms with E-state index in [1.165, 1.54) is 0 Å². The van der Waals surface area contributed by atoms with E-state index in [1.54, 1.807) is 0 Å². The van der Waals surface area contributed by atoms with Gasteiger partial charge < -0.3 is 10.4 Å². The predicted molar refractivity (Wildman–Crippen MR) is 78.7 cm³/mol. The summed E-state index contributed by atoms with van der Waals surface area (Å²) >= 11 is 0. The van der Waals surface area contributed by atoms with Gasteiger partial charge >= 0.3 is 0 Å². The number of benzene rings is 1. The Balaban J connectivity index is 1.72. The molecular formula is C17H19NO3. The third kappa shape index (κ3) is 2.58. The highest BCUT2D eigenvalue weighted by atomic mass is 16.3. The molecule has 2 N–H and O–H groups in total. The average Bonchev–Trinajstić information content (AvgIpc) is 3.17. The molecule has 2 fully saturated rings. The van der Waals surface area contributed by atoms with Gasteiger partial charge in [-0.2, -0.15) is 0 Å². The molecule has 0 aromatic heterocycles. The number of rotatable bonds is 4. The van der Waals surface area contributed by atoms with Crippen LogP contribution >= 0.6 is 0 Å². The highest BCUT2D eigenvalue weighted by Crippen LogP contribution is 2.51. The molecule has 1 aromatic rings. The second kappa shape index (κ2) is 5.02. The number of hydrogen-bond donors (Lipinski definition) is 2. The summed E-state index contributed by atoms with van der Waals surface area (Å²) in [5.41, 5.74) is 0.750. The van der Waals surface area contributed by atoms with Crippen molar-refractivity contribution in [1.29, 1.82) is 0 Å². The molecule has 4 nitrogen and oxygen atoms in total. The van der Waals surface area contributed by atoms with E-state index >= 15 is 0 Å². The fourth-order valence-electron chi connectivity index (χ4n) is 2.69. The molecule has 1 aliphatic carbocycles. The Morgan fingerprint density at radius 2 is 1.95 bits per heavy atom. The van der Waals surface area contributed by atoms with Crippen molar-refractivity contribution in [3.63, 3.8) is 0 Å². The molecule has 1 saturated heterocycles. The molecule has 1 aromatic carbocycles. The van der Waals surface area contributed by atoms with Crippen LogP contribution < -0.4 is 5.32 Å². The molecular weight excluding hydrogens is 266 g/mol. The zero-order valence-corrected chi connectivity index (χ0v) is 12.1. The molecule has 2 aliphatic rings. The maximum Gasteiger partial charge on any atom is 0.259 e.